The van der Waals surface area contributed by atoms with E-state index in [2.05, 4.69) is 21.1 Å². The highest BCUT2D eigenvalue weighted by molar-refractivity contribution is 5.97. The van der Waals surface area contributed by atoms with Gasteiger partial charge in [-0.2, -0.15) is 5.10 Å². The summed E-state index contributed by atoms with van der Waals surface area (Å²) in [6, 6.07) is 6.24. The first kappa shape index (κ1) is 21.2. The second kappa shape index (κ2) is 10.9. The van der Waals surface area contributed by atoms with Gasteiger partial charge in [-0.3, -0.25) is 14.4 Å². The van der Waals surface area contributed by atoms with Crippen LogP contribution in [0, 0.1) is 5.92 Å². The number of carboxylic acid groups (broad SMARTS) is 1. The number of rotatable bonds is 9. The lowest BCUT2D eigenvalue weighted by Gasteiger charge is -2.30. The molecular weight excluding hydrogens is 362 g/mol. The Balaban J connectivity index is 1.88. The van der Waals surface area contributed by atoms with Gasteiger partial charge in [0.15, 0.2) is 0 Å². The molecule has 1 unspecified atom stereocenters. The quantitative estimate of drug-likeness (QED) is 0.186. The minimum atomic E-state index is -0.940. The maximum absolute atomic E-state index is 12.3. The van der Waals surface area contributed by atoms with Gasteiger partial charge >= 0.3 is 5.97 Å². The van der Waals surface area contributed by atoms with Crippen LogP contribution < -0.4 is 21.8 Å². The van der Waals surface area contributed by atoms with Gasteiger partial charge in [0, 0.05) is 17.3 Å². The average Bonchev–Trinajstić information content (AvgIpc) is 2.70. The lowest BCUT2D eigenvalue weighted by atomic mass is 9.82. The van der Waals surface area contributed by atoms with E-state index in [0.29, 0.717) is 11.3 Å². The number of benzene rings is 1. The Morgan fingerprint density at radius 2 is 2.00 bits per heavy atom. The smallest absolute Gasteiger partial charge is 0.305 e. The second-order valence-corrected chi connectivity index (χ2v) is 6.86. The summed E-state index contributed by atoms with van der Waals surface area (Å²) < 4.78 is 0. The molecule has 0 bridgehead atoms. The normalized spacial score (nSPS) is 15.7. The van der Waals surface area contributed by atoms with Gasteiger partial charge in [-0.15, -0.1) is 0 Å². The first-order valence-electron chi connectivity index (χ1n) is 9.37. The van der Waals surface area contributed by atoms with Crippen molar-refractivity contribution in [2.24, 2.45) is 16.9 Å². The Morgan fingerprint density at radius 3 is 2.68 bits per heavy atom. The molecule has 0 radical (unpaired) electrons. The summed E-state index contributed by atoms with van der Waals surface area (Å²) in [4.78, 5) is 35.7. The van der Waals surface area contributed by atoms with Crippen LogP contribution in [0.4, 0.5) is 5.69 Å². The van der Waals surface area contributed by atoms with Gasteiger partial charge in [0.05, 0.1) is 13.0 Å². The number of carbonyl (C=O) groups excluding carboxylic acids is 2. The fraction of sp³-hybridized carbons (Fsp3) is 0.474. The third kappa shape index (κ3) is 6.90. The highest BCUT2D eigenvalue weighted by atomic mass is 16.4. The van der Waals surface area contributed by atoms with E-state index in [-0.39, 0.29) is 18.9 Å². The number of aliphatic carboxylic acids is 1. The number of carboxylic acids is 1. The number of carbonyl (C=O) groups is 3. The Bertz CT molecular complexity index is 716. The number of nitrogens with zero attached hydrogens (tertiary/aromatic N) is 1. The molecule has 9 nitrogen and oxygen atoms in total. The van der Waals surface area contributed by atoms with Gasteiger partial charge in [-0.1, -0.05) is 25.3 Å². The fourth-order valence-corrected chi connectivity index (χ4v) is 3.44. The van der Waals surface area contributed by atoms with Crippen molar-refractivity contribution in [1.82, 2.24) is 10.6 Å². The van der Waals surface area contributed by atoms with Crippen molar-refractivity contribution in [3.63, 3.8) is 0 Å². The van der Waals surface area contributed by atoms with Crippen LogP contribution in [0.2, 0.25) is 0 Å². The molecule has 1 aliphatic rings. The molecule has 152 valence electrons. The SMILES string of the molecule is NN=CNc1cccc(C(=O)NCC(=O)NC(CC(=O)O)C2CCCCC2)c1. The van der Waals surface area contributed by atoms with E-state index < -0.39 is 23.8 Å². The Kier molecular flexibility index (Phi) is 8.26. The first-order valence-corrected chi connectivity index (χ1v) is 9.37. The molecule has 0 heterocycles. The second-order valence-electron chi connectivity index (χ2n) is 6.86. The van der Waals surface area contributed by atoms with E-state index in [0.717, 1.165) is 32.1 Å². The van der Waals surface area contributed by atoms with E-state index in [1.807, 2.05) is 0 Å². The van der Waals surface area contributed by atoms with Crippen LogP contribution in [0.3, 0.4) is 0 Å². The summed E-state index contributed by atoms with van der Waals surface area (Å²) in [5.74, 6) is 3.45. The third-order valence-electron chi connectivity index (χ3n) is 4.80. The van der Waals surface area contributed by atoms with Crippen molar-refractivity contribution in [2.45, 2.75) is 44.6 Å². The van der Waals surface area contributed by atoms with Crippen LogP contribution >= 0.6 is 0 Å². The molecular formula is C19H27N5O4. The molecule has 2 rings (SSSR count). The van der Waals surface area contributed by atoms with Crippen molar-refractivity contribution in [1.29, 1.82) is 0 Å². The van der Waals surface area contributed by atoms with Crippen molar-refractivity contribution in [2.75, 3.05) is 11.9 Å². The van der Waals surface area contributed by atoms with Gasteiger partial charge in [0.25, 0.3) is 5.91 Å². The van der Waals surface area contributed by atoms with Crippen molar-refractivity contribution in [3.8, 4) is 0 Å². The van der Waals surface area contributed by atoms with Crippen LogP contribution in [0.25, 0.3) is 0 Å². The molecule has 0 aromatic heterocycles. The summed E-state index contributed by atoms with van der Waals surface area (Å²) >= 11 is 0. The van der Waals surface area contributed by atoms with Crippen molar-refractivity contribution in [3.05, 3.63) is 29.8 Å². The number of hydrazone groups is 1. The van der Waals surface area contributed by atoms with Gasteiger partial charge < -0.3 is 26.9 Å². The standard InChI is InChI=1S/C19H27N5O4/c20-23-12-22-15-8-4-7-14(9-15)19(28)21-11-17(25)24-16(10-18(26)27)13-5-2-1-3-6-13/h4,7-9,12-13,16H,1-3,5-6,10-11,20H2,(H,21,28)(H,22,23)(H,24,25)(H,26,27). The number of anilines is 1. The summed E-state index contributed by atoms with van der Waals surface area (Å²) in [5.41, 5.74) is 1.00. The van der Waals surface area contributed by atoms with Crippen LogP contribution in [-0.4, -0.2) is 41.8 Å². The molecule has 9 heteroatoms. The molecule has 2 amide bonds. The maximum atomic E-state index is 12.3. The summed E-state index contributed by atoms with van der Waals surface area (Å²) in [7, 11) is 0. The average molecular weight is 389 g/mol. The van der Waals surface area contributed by atoms with Crippen LogP contribution in [0.15, 0.2) is 29.4 Å². The molecule has 1 aromatic rings. The van der Waals surface area contributed by atoms with Gasteiger partial charge in [0.2, 0.25) is 5.91 Å². The van der Waals surface area contributed by atoms with E-state index in [4.69, 9.17) is 10.9 Å². The van der Waals surface area contributed by atoms with Gasteiger partial charge in [0.1, 0.15) is 6.34 Å². The van der Waals surface area contributed by atoms with E-state index >= 15 is 0 Å². The zero-order chi connectivity index (χ0) is 20.4. The van der Waals surface area contributed by atoms with Crippen LogP contribution in [0.5, 0.6) is 0 Å². The molecule has 0 saturated heterocycles. The first-order chi connectivity index (χ1) is 13.5. The number of nitrogens with two attached hydrogens (primary N) is 1. The highest BCUT2D eigenvalue weighted by Gasteiger charge is 2.27. The lowest BCUT2D eigenvalue weighted by Crippen LogP contribution is -2.46. The zero-order valence-electron chi connectivity index (χ0n) is 15.7. The van der Waals surface area contributed by atoms with Crippen molar-refractivity contribution >= 4 is 29.8 Å². The number of amides is 2. The van der Waals surface area contributed by atoms with Crippen molar-refractivity contribution < 1.29 is 19.5 Å². The Labute approximate surface area is 163 Å². The molecule has 1 fully saturated rings. The summed E-state index contributed by atoms with van der Waals surface area (Å²) in [6.07, 6.45) is 6.25. The molecule has 1 aliphatic carbocycles. The molecule has 0 aliphatic heterocycles. The Morgan fingerprint density at radius 1 is 1.25 bits per heavy atom. The summed E-state index contributed by atoms with van der Waals surface area (Å²) in [6.45, 7) is -0.219. The van der Waals surface area contributed by atoms with Crippen LogP contribution in [-0.2, 0) is 9.59 Å². The minimum absolute atomic E-state index is 0.110. The van der Waals surface area contributed by atoms with Crippen LogP contribution in [0.1, 0.15) is 48.9 Å². The number of hydrogen-bond donors (Lipinski definition) is 5. The fourth-order valence-electron chi connectivity index (χ4n) is 3.44. The number of hydrogen-bond acceptors (Lipinski definition) is 5. The summed E-state index contributed by atoms with van der Waals surface area (Å²) in [5, 5.41) is 20.6. The molecule has 1 aromatic carbocycles. The number of nitrogens with one attached hydrogen (secondary N) is 3. The van der Waals surface area contributed by atoms with E-state index in [9.17, 15) is 14.4 Å². The van der Waals surface area contributed by atoms with E-state index in [1.54, 1.807) is 24.3 Å². The molecule has 1 atom stereocenters. The zero-order valence-corrected chi connectivity index (χ0v) is 15.7. The lowest BCUT2D eigenvalue weighted by molar-refractivity contribution is -0.138. The largest absolute Gasteiger partial charge is 0.481 e. The topological polar surface area (TPSA) is 146 Å². The monoisotopic (exact) mass is 389 g/mol. The van der Waals surface area contributed by atoms with Gasteiger partial charge in [-0.05, 0) is 37.0 Å². The van der Waals surface area contributed by atoms with Gasteiger partial charge in [-0.25, -0.2) is 0 Å². The predicted molar refractivity (Wildman–Crippen MR) is 106 cm³/mol. The molecule has 0 spiro atoms. The predicted octanol–water partition coefficient (Wildman–Crippen LogP) is 1.27. The molecule has 6 N–H and O–H groups in total. The third-order valence-corrected chi connectivity index (χ3v) is 4.80. The highest BCUT2D eigenvalue weighted by Crippen LogP contribution is 2.27. The van der Waals surface area contributed by atoms with E-state index in [1.165, 1.54) is 6.34 Å². The minimum Gasteiger partial charge on any atom is -0.481 e. The Hall–Kier alpha value is -3.10. The molecule has 28 heavy (non-hydrogen) atoms. The molecule has 1 saturated carbocycles. The maximum Gasteiger partial charge on any atom is 0.305 e.